The minimum absolute atomic E-state index is 0.439. The van der Waals surface area contributed by atoms with Gasteiger partial charge < -0.3 is 9.47 Å². The Morgan fingerprint density at radius 3 is 2.62 bits per heavy atom. The number of carbonyl (C=O) groups is 1. The largest absolute Gasteiger partial charge is 0.496 e. The van der Waals surface area contributed by atoms with Crippen molar-refractivity contribution in [1.29, 1.82) is 0 Å². The molecule has 0 aliphatic carbocycles. The minimum atomic E-state index is -0.439. The molecule has 0 N–H and O–H groups in total. The van der Waals surface area contributed by atoms with Crippen LogP contribution in [0.3, 0.4) is 0 Å². The first-order valence-corrected chi connectivity index (χ1v) is 7.18. The predicted molar refractivity (Wildman–Crippen MR) is 86.5 cm³/mol. The number of rotatable bonds is 4. The fourth-order valence-corrected chi connectivity index (χ4v) is 2.18. The van der Waals surface area contributed by atoms with Crippen molar-refractivity contribution in [2.24, 2.45) is 0 Å². The molecule has 21 heavy (non-hydrogen) atoms. The van der Waals surface area contributed by atoms with Crippen molar-refractivity contribution in [1.82, 2.24) is 0 Å². The third-order valence-corrected chi connectivity index (χ3v) is 3.49. The van der Waals surface area contributed by atoms with Gasteiger partial charge >= 0.3 is 5.97 Å². The predicted octanol–water partition coefficient (Wildman–Crippen LogP) is 4.38. The second-order valence-electron chi connectivity index (χ2n) is 4.43. The van der Waals surface area contributed by atoms with Crippen molar-refractivity contribution in [3.63, 3.8) is 0 Å². The highest BCUT2D eigenvalue weighted by Crippen LogP contribution is 2.24. The topological polar surface area (TPSA) is 35.5 Å². The first-order chi connectivity index (χ1) is 10.1. The smallest absolute Gasteiger partial charge is 0.336 e. The Kier molecular flexibility index (Phi) is 5.17. The Hall–Kier alpha value is -2.07. The first kappa shape index (κ1) is 15.3. The van der Waals surface area contributed by atoms with E-state index in [1.807, 2.05) is 37.3 Å². The lowest BCUT2D eigenvalue weighted by molar-refractivity contribution is -0.128. The molecule has 108 valence electrons. The molecule has 2 aromatic rings. The van der Waals surface area contributed by atoms with Gasteiger partial charge in [-0.2, -0.15) is 0 Å². The van der Waals surface area contributed by atoms with Gasteiger partial charge in [0.2, 0.25) is 0 Å². The van der Waals surface area contributed by atoms with Crippen LogP contribution in [-0.4, -0.2) is 13.1 Å². The Balaban J connectivity index is 2.12. The minimum Gasteiger partial charge on any atom is -0.496 e. The van der Waals surface area contributed by atoms with Crippen LogP contribution in [-0.2, 0) is 4.79 Å². The van der Waals surface area contributed by atoms with Crippen LogP contribution < -0.4 is 9.47 Å². The van der Waals surface area contributed by atoms with E-state index in [4.69, 9.17) is 9.47 Å². The molecular weight excluding hydrogens is 332 g/mol. The maximum absolute atomic E-state index is 11.9. The highest BCUT2D eigenvalue weighted by Gasteiger charge is 2.05. The molecule has 2 aromatic carbocycles. The Morgan fingerprint density at radius 1 is 1.14 bits per heavy atom. The van der Waals surface area contributed by atoms with Gasteiger partial charge in [0.25, 0.3) is 0 Å². The lowest BCUT2D eigenvalue weighted by Gasteiger charge is -2.06. The van der Waals surface area contributed by atoms with Gasteiger partial charge in [0.15, 0.2) is 0 Å². The molecule has 0 fully saturated rings. The van der Waals surface area contributed by atoms with Crippen LogP contribution in [0.25, 0.3) is 6.08 Å². The summed E-state index contributed by atoms with van der Waals surface area (Å²) in [7, 11) is 1.60. The van der Waals surface area contributed by atoms with E-state index in [0.717, 1.165) is 15.6 Å². The molecule has 0 heterocycles. The van der Waals surface area contributed by atoms with Gasteiger partial charge in [-0.15, -0.1) is 0 Å². The van der Waals surface area contributed by atoms with E-state index in [9.17, 15) is 4.79 Å². The van der Waals surface area contributed by atoms with Gasteiger partial charge in [-0.25, -0.2) is 4.79 Å². The summed E-state index contributed by atoms with van der Waals surface area (Å²) in [5, 5.41) is 0. The third-order valence-electron chi connectivity index (χ3n) is 2.83. The quantitative estimate of drug-likeness (QED) is 0.468. The maximum atomic E-state index is 11.9. The number of para-hydroxylation sites is 1. The van der Waals surface area contributed by atoms with Crippen LogP contribution in [0, 0.1) is 6.92 Å². The van der Waals surface area contributed by atoms with Crippen molar-refractivity contribution in [2.75, 3.05) is 7.11 Å². The summed E-state index contributed by atoms with van der Waals surface area (Å²) in [6, 6.07) is 13.0. The number of methoxy groups -OCH3 is 1. The Labute approximate surface area is 132 Å². The number of aryl methyl sites for hydroxylation is 1. The van der Waals surface area contributed by atoms with Crippen molar-refractivity contribution < 1.29 is 14.3 Å². The van der Waals surface area contributed by atoms with Crippen LogP contribution in [0.4, 0.5) is 0 Å². The zero-order chi connectivity index (χ0) is 15.2. The molecule has 0 bridgehead atoms. The van der Waals surface area contributed by atoms with Crippen LogP contribution in [0.15, 0.2) is 53.0 Å². The fraction of sp³-hybridized carbons (Fsp3) is 0.118. The first-order valence-electron chi connectivity index (χ1n) is 6.39. The molecule has 0 amide bonds. The van der Waals surface area contributed by atoms with Crippen molar-refractivity contribution >= 4 is 28.0 Å². The van der Waals surface area contributed by atoms with Gasteiger partial charge in [-0.3, -0.25) is 0 Å². The molecule has 0 saturated carbocycles. The van der Waals surface area contributed by atoms with E-state index in [0.29, 0.717) is 11.5 Å². The molecule has 0 aliphatic rings. The molecule has 2 rings (SSSR count). The molecular formula is C17H15BrO3. The average molecular weight is 347 g/mol. The number of ether oxygens (including phenoxy) is 2. The summed E-state index contributed by atoms with van der Waals surface area (Å²) in [4.78, 5) is 11.9. The van der Waals surface area contributed by atoms with Gasteiger partial charge in [-0.1, -0.05) is 23.8 Å². The number of hydrogen-bond acceptors (Lipinski definition) is 3. The summed E-state index contributed by atoms with van der Waals surface area (Å²) in [6.07, 6.45) is 3.07. The average Bonchev–Trinajstić information content (AvgIpc) is 2.48. The van der Waals surface area contributed by atoms with Gasteiger partial charge in [0.05, 0.1) is 11.6 Å². The fourth-order valence-electron chi connectivity index (χ4n) is 1.81. The van der Waals surface area contributed by atoms with Crippen LogP contribution >= 0.6 is 15.9 Å². The molecule has 0 spiro atoms. The van der Waals surface area contributed by atoms with E-state index >= 15 is 0 Å². The van der Waals surface area contributed by atoms with Crippen LogP contribution in [0.5, 0.6) is 11.5 Å². The van der Waals surface area contributed by atoms with Crippen LogP contribution in [0.1, 0.15) is 11.1 Å². The van der Waals surface area contributed by atoms with Crippen molar-refractivity contribution in [3.8, 4) is 11.5 Å². The monoisotopic (exact) mass is 346 g/mol. The lowest BCUT2D eigenvalue weighted by Crippen LogP contribution is -2.04. The molecule has 0 atom stereocenters. The number of hydrogen-bond donors (Lipinski definition) is 0. The molecule has 0 unspecified atom stereocenters. The zero-order valence-corrected chi connectivity index (χ0v) is 13.4. The van der Waals surface area contributed by atoms with Gasteiger partial charge in [-0.05, 0) is 53.2 Å². The number of benzene rings is 2. The summed E-state index contributed by atoms with van der Waals surface area (Å²) in [6.45, 7) is 1.98. The third kappa shape index (κ3) is 4.20. The Morgan fingerprint density at radius 2 is 1.90 bits per heavy atom. The molecule has 0 saturated heterocycles. The Bertz CT molecular complexity index is 677. The molecule has 3 nitrogen and oxygen atoms in total. The zero-order valence-electron chi connectivity index (χ0n) is 11.8. The van der Waals surface area contributed by atoms with Crippen LogP contribution in [0.2, 0.25) is 0 Å². The highest BCUT2D eigenvalue weighted by molar-refractivity contribution is 9.10. The molecule has 4 heteroatoms. The second-order valence-corrected chi connectivity index (χ2v) is 5.28. The summed E-state index contributed by atoms with van der Waals surface area (Å²) >= 11 is 3.33. The van der Waals surface area contributed by atoms with Crippen molar-refractivity contribution in [3.05, 3.63) is 64.1 Å². The van der Waals surface area contributed by atoms with E-state index in [-0.39, 0.29) is 0 Å². The second kappa shape index (κ2) is 7.09. The van der Waals surface area contributed by atoms with E-state index < -0.39 is 5.97 Å². The van der Waals surface area contributed by atoms with Gasteiger partial charge in [0.1, 0.15) is 11.5 Å². The highest BCUT2D eigenvalue weighted by atomic mass is 79.9. The summed E-state index contributed by atoms with van der Waals surface area (Å²) in [5.74, 6) is 0.763. The van der Waals surface area contributed by atoms with E-state index in [1.54, 1.807) is 25.3 Å². The van der Waals surface area contributed by atoms with Crippen molar-refractivity contribution in [2.45, 2.75) is 6.92 Å². The standard InChI is InChI=1S/C17H15BrO3/c1-12-7-9-15(20-2)13(11-12)8-10-17(19)21-16-6-4-3-5-14(16)18/h3-11H,1-2H3/b10-8+. The number of halogens is 1. The number of esters is 1. The summed E-state index contributed by atoms with van der Waals surface area (Å²) < 4.78 is 11.3. The molecule has 0 aromatic heterocycles. The van der Waals surface area contributed by atoms with Gasteiger partial charge in [0, 0.05) is 11.6 Å². The summed E-state index contributed by atoms with van der Waals surface area (Å²) in [5.41, 5.74) is 1.93. The van der Waals surface area contributed by atoms with E-state index in [2.05, 4.69) is 15.9 Å². The maximum Gasteiger partial charge on any atom is 0.336 e. The number of carbonyl (C=O) groups excluding carboxylic acids is 1. The normalized spacial score (nSPS) is 10.6. The van der Waals surface area contributed by atoms with E-state index in [1.165, 1.54) is 6.08 Å². The lowest BCUT2D eigenvalue weighted by atomic mass is 10.1. The molecule has 0 radical (unpaired) electrons. The SMILES string of the molecule is COc1ccc(C)cc1/C=C/C(=O)Oc1ccccc1Br. The molecule has 0 aliphatic heterocycles.